The molecule has 0 spiro atoms. The molecule has 3 nitrogen and oxygen atoms in total. The maximum Gasteiger partial charge on any atom is 0.166 e. The van der Waals surface area contributed by atoms with E-state index < -0.39 is 12.2 Å². The van der Waals surface area contributed by atoms with Crippen LogP contribution in [-0.2, 0) is 11.3 Å². The van der Waals surface area contributed by atoms with Gasteiger partial charge in [-0.3, -0.25) is 0 Å². The van der Waals surface area contributed by atoms with Crippen LogP contribution in [0.1, 0.15) is 12.5 Å². The van der Waals surface area contributed by atoms with Gasteiger partial charge in [-0.2, -0.15) is 5.26 Å². The van der Waals surface area contributed by atoms with Crippen molar-refractivity contribution in [3.05, 3.63) is 35.9 Å². The maximum absolute atomic E-state index is 9.12. The van der Waals surface area contributed by atoms with Crippen molar-refractivity contribution in [3.8, 4) is 6.07 Å². The van der Waals surface area contributed by atoms with Crippen molar-refractivity contribution in [1.82, 2.24) is 0 Å². The second kappa shape index (κ2) is 5.38. The number of aliphatic hydroxyl groups is 1. The molecule has 1 aromatic rings. The van der Waals surface area contributed by atoms with Gasteiger partial charge >= 0.3 is 0 Å². The Kier molecular flexibility index (Phi) is 4.11. The summed E-state index contributed by atoms with van der Waals surface area (Å²) >= 11 is 0. The lowest BCUT2D eigenvalue weighted by atomic mass is 10.2. The van der Waals surface area contributed by atoms with E-state index in [1.165, 1.54) is 0 Å². The predicted molar refractivity (Wildman–Crippen MR) is 52.3 cm³/mol. The van der Waals surface area contributed by atoms with Gasteiger partial charge < -0.3 is 9.84 Å². The minimum Gasteiger partial charge on any atom is -0.375 e. The van der Waals surface area contributed by atoms with Crippen LogP contribution < -0.4 is 0 Å². The minimum atomic E-state index is -1.06. The molecule has 0 saturated heterocycles. The summed E-state index contributed by atoms with van der Waals surface area (Å²) in [6.45, 7) is 2.09. The van der Waals surface area contributed by atoms with Crippen LogP contribution in [0.3, 0.4) is 0 Å². The van der Waals surface area contributed by atoms with E-state index >= 15 is 0 Å². The molecule has 0 aliphatic carbocycles. The molecule has 0 aliphatic rings. The van der Waals surface area contributed by atoms with Crippen LogP contribution >= 0.6 is 0 Å². The number of ether oxygens (including phenoxy) is 1. The lowest BCUT2D eigenvalue weighted by Gasteiger charge is -2.13. The number of nitriles is 1. The lowest BCUT2D eigenvalue weighted by Crippen LogP contribution is -2.23. The van der Waals surface area contributed by atoms with E-state index in [2.05, 4.69) is 0 Å². The summed E-state index contributed by atoms with van der Waals surface area (Å²) in [6, 6.07) is 11.4. The summed E-state index contributed by atoms with van der Waals surface area (Å²) in [7, 11) is 0. The monoisotopic (exact) mass is 191 g/mol. The van der Waals surface area contributed by atoms with Crippen LogP contribution in [0.25, 0.3) is 0 Å². The Morgan fingerprint density at radius 2 is 2.07 bits per heavy atom. The molecule has 2 atom stereocenters. The molecule has 1 rings (SSSR count). The van der Waals surface area contributed by atoms with Crippen LogP contribution in [0.5, 0.6) is 0 Å². The fourth-order valence-corrected chi connectivity index (χ4v) is 0.998. The number of nitrogens with zero attached hydrogens (tertiary/aromatic N) is 1. The van der Waals surface area contributed by atoms with Gasteiger partial charge in [-0.15, -0.1) is 0 Å². The summed E-state index contributed by atoms with van der Waals surface area (Å²) < 4.78 is 5.31. The first-order valence-electron chi connectivity index (χ1n) is 4.47. The average Bonchev–Trinajstić information content (AvgIpc) is 2.26. The Labute approximate surface area is 83.6 Å². The highest BCUT2D eigenvalue weighted by atomic mass is 16.5. The zero-order valence-corrected chi connectivity index (χ0v) is 8.05. The quantitative estimate of drug-likeness (QED) is 0.733. The van der Waals surface area contributed by atoms with Gasteiger partial charge in [-0.25, -0.2) is 0 Å². The molecule has 0 unspecified atom stereocenters. The van der Waals surface area contributed by atoms with Crippen molar-refractivity contribution in [2.24, 2.45) is 0 Å². The standard InChI is InChI=1S/C11H13NO2/c1-9(11(13)7-12)14-8-10-5-3-2-4-6-10/h2-6,9,11,13H,8H2,1H3/t9-,11-/m0/s1. The Balaban J connectivity index is 2.39. The van der Waals surface area contributed by atoms with Crippen LogP contribution in [0.2, 0.25) is 0 Å². The second-order valence-electron chi connectivity index (χ2n) is 3.08. The maximum atomic E-state index is 9.12. The molecule has 3 heteroatoms. The van der Waals surface area contributed by atoms with Crippen molar-refractivity contribution >= 4 is 0 Å². The van der Waals surface area contributed by atoms with E-state index in [-0.39, 0.29) is 0 Å². The van der Waals surface area contributed by atoms with Crippen molar-refractivity contribution in [3.63, 3.8) is 0 Å². The highest BCUT2D eigenvalue weighted by Gasteiger charge is 2.12. The number of benzene rings is 1. The van der Waals surface area contributed by atoms with Crippen LogP contribution in [-0.4, -0.2) is 17.3 Å². The summed E-state index contributed by atoms with van der Waals surface area (Å²) in [4.78, 5) is 0. The molecule has 0 aromatic heterocycles. The average molecular weight is 191 g/mol. The lowest BCUT2D eigenvalue weighted by molar-refractivity contribution is -0.0123. The Bertz CT molecular complexity index is 305. The number of hydrogen-bond acceptors (Lipinski definition) is 3. The Hall–Kier alpha value is -1.37. The van der Waals surface area contributed by atoms with E-state index in [0.717, 1.165) is 5.56 Å². The van der Waals surface area contributed by atoms with Crippen LogP contribution in [0.4, 0.5) is 0 Å². The van der Waals surface area contributed by atoms with Gasteiger partial charge in [-0.1, -0.05) is 30.3 Å². The van der Waals surface area contributed by atoms with Crippen LogP contribution in [0, 0.1) is 11.3 Å². The Morgan fingerprint density at radius 1 is 1.43 bits per heavy atom. The van der Waals surface area contributed by atoms with E-state index in [1.54, 1.807) is 13.0 Å². The number of hydrogen-bond donors (Lipinski definition) is 1. The summed E-state index contributed by atoms with van der Waals surface area (Å²) in [5, 5.41) is 17.5. The zero-order valence-electron chi connectivity index (χ0n) is 8.05. The zero-order chi connectivity index (χ0) is 10.4. The molecule has 0 saturated carbocycles. The Morgan fingerprint density at radius 3 is 2.64 bits per heavy atom. The first-order chi connectivity index (χ1) is 6.74. The largest absolute Gasteiger partial charge is 0.375 e. The van der Waals surface area contributed by atoms with Gasteiger partial charge in [0.2, 0.25) is 0 Å². The highest BCUT2D eigenvalue weighted by molar-refractivity contribution is 5.13. The summed E-state index contributed by atoms with van der Waals surface area (Å²) in [5.41, 5.74) is 1.03. The van der Waals surface area contributed by atoms with E-state index in [9.17, 15) is 0 Å². The second-order valence-corrected chi connectivity index (χ2v) is 3.08. The highest BCUT2D eigenvalue weighted by Crippen LogP contribution is 2.05. The van der Waals surface area contributed by atoms with Gasteiger partial charge in [0.05, 0.1) is 18.8 Å². The molecule has 0 bridgehead atoms. The SMILES string of the molecule is C[C@H](OCc1ccccc1)[C@@H](O)C#N. The number of rotatable bonds is 4. The van der Waals surface area contributed by atoms with Gasteiger partial charge in [0.1, 0.15) is 0 Å². The normalized spacial score (nSPS) is 14.4. The first kappa shape index (κ1) is 10.7. The smallest absolute Gasteiger partial charge is 0.166 e. The van der Waals surface area contributed by atoms with Gasteiger partial charge in [0, 0.05) is 0 Å². The van der Waals surface area contributed by atoms with Crippen LogP contribution in [0.15, 0.2) is 30.3 Å². The molecule has 14 heavy (non-hydrogen) atoms. The molecule has 0 fully saturated rings. The first-order valence-corrected chi connectivity index (χ1v) is 4.47. The van der Waals surface area contributed by atoms with Gasteiger partial charge in [-0.05, 0) is 12.5 Å². The molecule has 1 N–H and O–H groups in total. The summed E-state index contributed by atoms with van der Waals surface area (Å²) in [5.74, 6) is 0. The van der Waals surface area contributed by atoms with E-state index in [1.807, 2.05) is 30.3 Å². The molecular formula is C11H13NO2. The third kappa shape index (κ3) is 3.17. The molecule has 0 heterocycles. The van der Waals surface area contributed by atoms with Crippen molar-refractivity contribution in [2.75, 3.05) is 0 Å². The van der Waals surface area contributed by atoms with Gasteiger partial charge in [0.15, 0.2) is 6.10 Å². The molecule has 0 aliphatic heterocycles. The fraction of sp³-hybridized carbons (Fsp3) is 0.364. The molecular weight excluding hydrogens is 178 g/mol. The topological polar surface area (TPSA) is 53.2 Å². The minimum absolute atomic E-state index is 0.417. The predicted octanol–water partition coefficient (Wildman–Crippen LogP) is 1.48. The molecule has 0 amide bonds. The van der Waals surface area contributed by atoms with Crippen molar-refractivity contribution in [2.45, 2.75) is 25.7 Å². The molecule has 0 radical (unpaired) electrons. The van der Waals surface area contributed by atoms with E-state index in [0.29, 0.717) is 6.61 Å². The van der Waals surface area contributed by atoms with Crippen molar-refractivity contribution < 1.29 is 9.84 Å². The summed E-state index contributed by atoms with van der Waals surface area (Å²) in [6.07, 6.45) is -1.51. The number of aliphatic hydroxyl groups excluding tert-OH is 1. The van der Waals surface area contributed by atoms with Crippen molar-refractivity contribution in [1.29, 1.82) is 5.26 Å². The third-order valence-electron chi connectivity index (χ3n) is 1.93. The van der Waals surface area contributed by atoms with Gasteiger partial charge in [0.25, 0.3) is 0 Å². The fourth-order valence-electron chi connectivity index (χ4n) is 0.998. The molecule has 74 valence electrons. The van der Waals surface area contributed by atoms with E-state index in [4.69, 9.17) is 15.1 Å². The third-order valence-corrected chi connectivity index (χ3v) is 1.93. The molecule has 1 aromatic carbocycles.